The fraction of sp³-hybridized carbons (Fsp3) is 0.815. The maximum atomic E-state index is 13.6. The smallest absolute Gasteiger partial charge is 0.249 e. The number of likely N-dealkylation sites (tertiary alicyclic amines) is 2. The lowest BCUT2D eigenvalue weighted by atomic mass is 9.95. The summed E-state index contributed by atoms with van der Waals surface area (Å²) in [7, 11) is 1.79. The Labute approximate surface area is 207 Å². The van der Waals surface area contributed by atoms with Crippen molar-refractivity contribution >= 4 is 17.7 Å². The molecule has 0 spiro atoms. The second-order valence-electron chi connectivity index (χ2n) is 11.1. The number of rotatable bonds is 9. The maximum absolute atomic E-state index is 13.6. The second kappa shape index (κ2) is 12.7. The first-order valence-corrected chi connectivity index (χ1v) is 13.3. The molecule has 0 aromatic heterocycles. The SMILES string of the molecule is CC(=C[C@H](C(C)C)N(C)C(=O)[C@@H](NC(=O)[C@H]1CCCCN1C(C)C)C(C)C)C(=O)N1CCCC1. The molecule has 2 saturated heterocycles. The summed E-state index contributed by atoms with van der Waals surface area (Å²) in [6.45, 7) is 16.7. The molecule has 7 nitrogen and oxygen atoms in total. The average molecular weight is 477 g/mol. The number of nitrogens with zero attached hydrogens (tertiary/aromatic N) is 3. The van der Waals surface area contributed by atoms with Crippen molar-refractivity contribution < 1.29 is 14.4 Å². The fourth-order valence-corrected chi connectivity index (χ4v) is 5.23. The fourth-order valence-electron chi connectivity index (χ4n) is 5.23. The van der Waals surface area contributed by atoms with Gasteiger partial charge in [0.1, 0.15) is 6.04 Å². The van der Waals surface area contributed by atoms with E-state index in [1.807, 2.05) is 31.7 Å². The highest BCUT2D eigenvalue weighted by molar-refractivity contribution is 5.93. The molecule has 3 amide bonds. The van der Waals surface area contributed by atoms with E-state index in [0.717, 1.165) is 51.7 Å². The van der Waals surface area contributed by atoms with E-state index in [4.69, 9.17) is 0 Å². The third kappa shape index (κ3) is 7.06. The van der Waals surface area contributed by atoms with Crippen LogP contribution < -0.4 is 5.32 Å². The van der Waals surface area contributed by atoms with Crippen molar-refractivity contribution in [3.63, 3.8) is 0 Å². The summed E-state index contributed by atoms with van der Waals surface area (Å²) in [6, 6.07) is -0.718. The van der Waals surface area contributed by atoms with Crippen LogP contribution in [0.1, 0.15) is 80.6 Å². The van der Waals surface area contributed by atoms with Crippen molar-refractivity contribution in [2.45, 2.75) is 105 Å². The number of hydrogen-bond acceptors (Lipinski definition) is 4. The second-order valence-corrected chi connectivity index (χ2v) is 11.1. The predicted molar refractivity (Wildman–Crippen MR) is 137 cm³/mol. The highest BCUT2D eigenvalue weighted by atomic mass is 16.2. The van der Waals surface area contributed by atoms with Gasteiger partial charge >= 0.3 is 0 Å². The molecule has 0 radical (unpaired) electrons. The van der Waals surface area contributed by atoms with Crippen LogP contribution in [0.4, 0.5) is 0 Å². The molecule has 1 N–H and O–H groups in total. The Morgan fingerprint density at radius 3 is 2.03 bits per heavy atom. The largest absolute Gasteiger partial charge is 0.343 e. The van der Waals surface area contributed by atoms with E-state index in [9.17, 15) is 14.4 Å². The summed E-state index contributed by atoms with van der Waals surface area (Å²) in [5, 5.41) is 3.10. The van der Waals surface area contributed by atoms with Gasteiger partial charge in [-0.2, -0.15) is 0 Å². The lowest BCUT2D eigenvalue weighted by molar-refractivity contribution is -0.140. The Kier molecular flexibility index (Phi) is 10.6. The standard InChI is InChI=1S/C27H48N4O3/c1-18(2)23(17-21(7)26(33)30-14-11-12-15-30)29(8)27(34)24(19(3)4)28-25(32)22-13-9-10-16-31(22)20(5)6/h17-20,22-24H,9-16H2,1-8H3,(H,28,32)/t22-,23-,24+/m1/s1. The first-order valence-electron chi connectivity index (χ1n) is 13.3. The van der Waals surface area contributed by atoms with Gasteiger partial charge in [0.2, 0.25) is 17.7 Å². The molecule has 0 unspecified atom stereocenters. The summed E-state index contributed by atoms with van der Waals surface area (Å²) in [5.74, 6) is -0.00558. The van der Waals surface area contributed by atoms with Crippen molar-refractivity contribution in [2.24, 2.45) is 11.8 Å². The molecule has 34 heavy (non-hydrogen) atoms. The Morgan fingerprint density at radius 2 is 1.50 bits per heavy atom. The van der Waals surface area contributed by atoms with Gasteiger partial charge in [0.05, 0.1) is 12.1 Å². The van der Waals surface area contributed by atoms with Gasteiger partial charge in [-0.15, -0.1) is 0 Å². The Bertz CT molecular complexity index is 740. The van der Waals surface area contributed by atoms with Crippen LogP contribution in [0.2, 0.25) is 0 Å². The van der Waals surface area contributed by atoms with E-state index in [-0.39, 0.29) is 41.6 Å². The van der Waals surface area contributed by atoms with Crippen LogP contribution in [0.15, 0.2) is 11.6 Å². The molecule has 2 aliphatic heterocycles. The molecule has 2 fully saturated rings. The molecule has 0 saturated carbocycles. The number of hydrogen-bond donors (Lipinski definition) is 1. The number of likely N-dealkylation sites (N-methyl/N-ethyl adjacent to an activating group) is 1. The molecule has 3 atom stereocenters. The zero-order chi connectivity index (χ0) is 25.6. The van der Waals surface area contributed by atoms with E-state index in [2.05, 4.69) is 37.9 Å². The molecule has 0 aromatic rings. The summed E-state index contributed by atoms with van der Waals surface area (Å²) >= 11 is 0. The van der Waals surface area contributed by atoms with Gasteiger partial charge in [0.15, 0.2) is 0 Å². The highest BCUT2D eigenvalue weighted by Crippen LogP contribution is 2.22. The lowest BCUT2D eigenvalue weighted by Gasteiger charge is -2.39. The van der Waals surface area contributed by atoms with Crippen LogP contribution in [-0.4, -0.2) is 83.3 Å². The number of piperidine rings is 1. The van der Waals surface area contributed by atoms with Crippen LogP contribution in [0.25, 0.3) is 0 Å². The molecule has 2 rings (SSSR count). The summed E-state index contributed by atoms with van der Waals surface area (Å²) in [6.07, 6.45) is 7.01. The van der Waals surface area contributed by atoms with E-state index >= 15 is 0 Å². The normalized spacial score (nSPS) is 21.8. The molecule has 7 heteroatoms. The highest BCUT2D eigenvalue weighted by Gasteiger charge is 2.36. The topological polar surface area (TPSA) is 73.0 Å². The van der Waals surface area contributed by atoms with Gasteiger partial charge in [-0.1, -0.05) is 40.2 Å². The first-order chi connectivity index (χ1) is 16.0. The Balaban J connectivity index is 2.17. The molecule has 0 bridgehead atoms. The minimum absolute atomic E-state index is 0.0425. The van der Waals surface area contributed by atoms with Crippen LogP contribution in [0.3, 0.4) is 0 Å². The molecule has 2 heterocycles. The number of carbonyl (C=O) groups is 3. The van der Waals surface area contributed by atoms with E-state index in [1.54, 1.807) is 11.9 Å². The molecular weight excluding hydrogens is 428 g/mol. The van der Waals surface area contributed by atoms with Crippen molar-refractivity contribution in [2.75, 3.05) is 26.7 Å². The van der Waals surface area contributed by atoms with Crippen molar-refractivity contribution in [1.82, 2.24) is 20.0 Å². The van der Waals surface area contributed by atoms with E-state index in [1.165, 1.54) is 0 Å². The molecule has 2 aliphatic rings. The molecular formula is C27H48N4O3. The van der Waals surface area contributed by atoms with Gasteiger partial charge < -0.3 is 15.1 Å². The van der Waals surface area contributed by atoms with Gasteiger partial charge in [0.25, 0.3) is 0 Å². The molecule has 0 aromatic carbocycles. The van der Waals surface area contributed by atoms with E-state index in [0.29, 0.717) is 11.6 Å². The average Bonchev–Trinajstić information content (AvgIpc) is 3.33. The zero-order valence-electron chi connectivity index (χ0n) is 22.8. The summed E-state index contributed by atoms with van der Waals surface area (Å²) in [4.78, 5) is 45.6. The van der Waals surface area contributed by atoms with Crippen molar-refractivity contribution in [3.05, 3.63) is 11.6 Å². The number of carbonyl (C=O) groups excluding carboxylic acids is 3. The first kappa shape index (κ1) is 28.3. The van der Waals surface area contributed by atoms with E-state index < -0.39 is 6.04 Å². The molecule has 194 valence electrons. The van der Waals surface area contributed by atoms with Gasteiger partial charge in [-0.3, -0.25) is 19.3 Å². The van der Waals surface area contributed by atoms with Crippen LogP contribution in [0, 0.1) is 11.8 Å². The quantitative estimate of drug-likeness (QED) is 0.518. The minimum Gasteiger partial charge on any atom is -0.343 e. The zero-order valence-corrected chi connectivity index (χ0v) is 22.8. The third-order valence-electron chi connectivity index (χ3n) is 7.37. The maximum Gasteiger partial charge on any atom is 0.249 e. The minimum atomic E-state index is -0.599. The van der Waals surface area contributed by atoms with Crippen LogP contribution in [-0.2, 0) is 14.4 Å². The Morgan fingerprint density at radius 1 is 0.912 bits per heavy atom. The van der Waals surface area contributed by atoms with Gasteiger partial charge in [0, 0.05) is 31.8 Å². The van der Waals surface area contributed by atoms with Crippen LogP contribution >= 0.6 is 0 Å². The molecule has 0 aliphatic carbocycles. The number of nitrogens with one attached hydrogen (secondary N) is 1. The third-order valence-corrected chi connectivity index (χ3v) is 7.37. The monoisotopic (exact) mass is 476 g/mol. The predicted octanol–water partition coefficient (Wildman–Crippen LogP) is 3.44. The van der Waals surface area contributed by atoms with Gasteiger partial charge in [-0.05, 0) is 64.8 Å². The summed E-state index contributed by atoms with van der Waals surface area (Å²) < 4.78 is 0. The van der Waals surface area contributed by atoms with Crippen molar-refractivity contribution in [3.8, 4) is 0 Å². The number of amides is 3. The van der Waals surface area contributed by atoms with Gasteiger partial charge in [-0.25, -0.2) is 0 Å². The lowest BCUT2D eigenvalue weighted by Crippen LogP contribution is -2.58. The summed E-state index contributed by atoms with van der Waals surface area (Å²) in [5.41, 5.74) is 0.681. The van der Waals surface area contributed by atoms with Crippen LogP contribution in [0.5, 0.6) is 0 Å². The van der Waals surface area contributed by atoms with Crippen molar-refractivity contribution in [1.29, 1.82) is 0 Å². The Hall–Kier alpha value is -1.89.